The van der Waals surface area contributed by atoms with Crippen molar-refractivity contribution in [3.8, 4) is 0 Å². The molecular weight excluding hydrogens is 291 g/mol. The number of nitrogens with zero attached hydrogens (tertiary/aromatic N) is 1. The van der Waals surface area contributed by atoms with Gasteiger partial charge in [-0.05, 0) is 24.3 Å². The van der Waals surface area contributed by atoms with Crippen LogP contribution in [0.3, 0.4) is 0 Å². The summed E-state index contributed by atoms with van der Waals surface area (Å²) in [7, 11) is 0. The molecule has 20 heavy (non-hydrogen) atoms. The molecular formula is C16H12Cl2N2. The van der Waals surface area contributed by atoms with Crippen molar-refractivity contribution >= 4 is 39.8 Å². The third kappa shape index (κ3) is 2.72. The highest BCUT2D eigenvalue weighted by molar-refractivity contribution is 6.39. The molecule has 1 N–H and O–H groups in total. The van der Waals surface area contributed by atoms with E-state index < -0.39 is 0 Å². The van der Waals surface area contributed by atoms with E-state index in [9.17, 15) is 0 Å². The molecule has 4 heteroatoms. The molecule has 3 rings (SSSR count). The molecule has 0 fully saturated rings. The number of rotatable bonds is 3. The van der Waals surface area contributed by atoms with Gasteiger partial charge >= 0.3 is 0 Å². The lowest BCUT2D eigenvalue weighted by atomic mass is 10.2. The summed E-state index contributed by atoms with van der Waals surface area (Å²) in [5.74, 6) is 0. The van der Waals surface area contributed by atoms with E-state index in [-0.39, 0.29) is 0 Å². The number of hydrogen-bond acceptors (Lipinski definition) is 2. The zero-order valence-electron chi connectivity index (χ0n) is 10.6. The minimum atomic E-state index is 0.578. The average molecular weight is 303 g/mol. The van der Waals surface area contributed by atoms with E-state index in [1.54, 1.807) is 0 Å². The standard InChI is InChI=1S/C16H12Cl2N2/c17-13-5-3-6-14(18)16(13)19-10-12-9-8-11-4-1-2-7-15(11)20-12/h1-9,19H,10H2. The normalized spacial score (nSPS) is 10.7. The molecule has 0 saturated carbocycles. The lowest BCUT2D eigenvalue weighted by Crippen LogP contribution is -2.02. The fourth-order valence-corrected chi connectivity index (χ4v) is 2.58. The van der Waals surface area contributed by atoms with Gasteiger partial charge in [0.25, 0.3) is 0 Å². The van der Waals surface area contributed by atoms with Crippen LogP contribution in [0.2, 0.25) is 10.0 Å². The van der Waals surface area contributed by atoms with Crippen LogP contribution in [-0.2, 0) is 6.54 Å². The Morgan fingerprint density at radius 3 is 2.40 bits per heavy atom. The first-order valence-electron chi connectivity index (χ1n) is 6.26. The van der Waals surface area contributed by atoms with Crippen LogP contribution in [-0.4, -0.2) is 4.98 Å². The van der Waals surface area contributed by atoms with E-state index in [0.29, 0.717) is 16.6 Å². The van der Waals surface area contributed by atoms with Crippen LogP contribution in [0.25, 0.3) is 10.9 Å². The van der Waals surface area contributed by atoms with Gasteiger partial charge in [0.15, 0.2) is 0 Å². The maximum atomic E-state index is 6.12. The second-order valence-corrected chi connectivity index (χ2v) is 5.26. The Morgan fingerprint density at radius 2 is 1.60 bits per heavy atom. The molecule has 0 saturated heterocycles. The van der Waals surface area contributed by atoms with Gasteiger partial charge in [-0.25, -0.2) is 0 Å². The Labute approximate surface area is 127 Å². The van der Waals surface area contributed by atoms with Gasteiger partial charge in [0, 0.05) is 5.39 Å². The molecule has 1 heterocycles. The number of benzene rings is 2. The number of hydrogen-bond donors (Lipinski definition) is 1. The fraction of sp³-hybridized carbons (Fsp3) is 0.0625. The number of pyridine rings is 1. The maximum absolute atomic E-state index is 6.12. The van der Waals surface area contributed by atoms with Gasteiger partial charge in [-0.15, -0.1) is 0 Å². The number of halogens is 2. The highest BCUT2D eigenvalue weighted by atomic mass is 35.5. The van der Waals surface area contributed by atoms with E-state index in [0.717, 1.165) is 22.3 Å². The van der Waals surface area contributed by atoms with Crippen molar-refractivity contribution in [1.29, 1.82) is 0 Å². The van der Waals surface area contributed by atoms with E-state index >= 15 is 0 Å². The number of nitrogens with one attached hydrogen (secondary N) is 1. The van der Waals surface area contributed by atoms with Crippen LogP contribution in [0.5, 0.6) is 0 Å². The minimum Gasteiger partial charge on any atom is -0.377 e. The molecule has 0 aliphatic rings. The molecule has 100 valence electrons. The number of anilines is 1. The molecule has 2 aromatic carbocycles. The Kier molecular flexibility index (Phi) is 3.77. The number of aromatic nitrogens is 1. The van der Waals surface area contributed by atoms with E-state index in [1.807, 2.05) is 48.5 Å². The van der Waals surface area contributed by atoms with E-state index in [4.69, 9.17) is 23.2 Å². The third-order valence-electron chi connectivity index (χ3n) is 3.07. The van der Waals surface area contributed by atoms with Crippen molar-refractivity contribution in [3.05, 3.63) is 70.3 Å². The highest BCUT2D eigenvalue weighted by Gasteiger charge is 2.05. The molecule has 0 atom stereocenters. The summed E-state index contributed by atoms with van der Waals surface area (Å²) in [5.41, 5.74) is 2.67. The molecule has 0 aliphatic carbocycles. The van der Waals surface area contributed by atoms with Crippen molar-refractivity contribution in [2.45, 2.75) is 6.54 Å². The lowest BCUT2D eigenvalue weighted by Gasteiger charge is -2.10. The van der Waals surface area contributed by atoms with Crippen molar-refractivity contribution in [3.63, 3.8) is 0 Å². The number of para-hydroxylation sites is 2. The maximum Gasteiger partial charge on any atom is 0.0722 e. The largest absolute Gasteiger partial charge is 0.377 e. The molecule has 0 spiro atoms. The van der Waals surface area contributed by atoms with Crippen LogP contribution < -0.4 is 5.32 Å². The second kappa shape index (κ2) is 5.70. The van der Waals surface area contributed by atoms with Crippen LogP contribution in [0.15, 0.2) is 54.6 Å². The smallest absolute Gasteiger partial charge is 0.0722 e. The third-order valence-corrected chi connectivity index (χ3v) is 3.70. The van der Waals surface area contributed by atoms with Gasteiger partial charge in [-0.1, -0.05) is 53.5 Å². The molecule has 1 aromatic heterocycles. The topological polar surface area (TPSA) is 24.9 Å². The first kappa shape index (κ1) is 13.2. The summed E-state index contributed by atoms with van der Waals surface area (Å²) >= 11 is 12.2. The van der Waals surface area contributed by atoms with E-state index in [2.05, 4.69) is 16.4 Å². The van der Waals surface area contributed by atoms with Gasteiger partial charge in [0.1, 0.15) is 0 Å². The summed E-state index contributed by atoms with van der Waals surface area (Å²) < 4.78 is 0. The van der Waals surface area contributed by atoms with Crippen molar-refractivity contribution < 1.29 is 0 Å². The van der Waals surface area contributed by atoms with E-state index in [1.165, 1.54) is 0 Å². The molecule has 0 bridgehead atoms. The van der Waals surface area contributed by atoms with Gasteiger partial charge in [-0.3, -0.25) is 4.98 Å². The Balaban J connectivity index is 1.83. The summed E-state index contributed by atoms with van der Waals surface area (Å²) in [6.45, 7) is 0.578. The predicted octanol–water partition coefficient (Wildman–Crippen LogP) is 5.15. The van der Waals surface area contributed by atoms with Crippen LogP contribution >= 0.6 is 23.2 Å². The molecule has 0 radical (unpaired) electrons. The molecule has 2 nitrogen and oxygen atoms in total. The summed E-state index contributed by atoms with van der Waals surface area (Å²) in [4.78, 5) is 4.60. The van der Waals surface area contributed by atoms with Gasteiger partial charge in [-0.2, -0.15) is 0 Å². The van der Waals surface area contributed by atoms with Crippen molar-refractivity contribution in [2.24, 2.45) is 0 Å². The van der Waals surface area contributed by atoms with Crippen LogP contribution in [0, 0.1) is 0 Å². The van der Waals surface area contributed by atoms with Crippen molar-refractivity contribution in [1.82, 2.24) is 4.98 Å². The zero-order valence-corrected chi connectivity index (χ0v) is 12.1. The fourth-order valence-electron chi connectivity index (χ4n) is 2.05. The van der Waals surface area contributed by atoms with Crippen molar-refractivity contribution in [2.75, 3.05) is 5.32 Å². The first-order valence-corrected chi connectivity index (χ1v) is 7.02. The molecule has 3 aromatic rings. The number of fused-ring (bicyclic) bond motifs is 1. The Bertz CT molecular complexity index is 736. The Morgan fingerprint density at radius 1 is 0.850 bits per heavy atom. The second-order valence-electron chi connectivity index (χ2n) is 4.45. The monoisotopic (exact) mass is 302 g/mol. The summed E-state index contributed by atoms with van der Waals surface area (Å²) in [6, 6.07) is 17.5. The summed E-state index contributed by atoms with van der Waals surface area (Å²) in [5, 5.41) is 5.59. The molecule has 0 unspecified atom stereocenters. The molecule has 0 amide bonds. The Hall–Kier alpha value is -1.77. The highest BCUT2D eigenvalue weighted by Crippen LogP contribution is 2.30. The van der Waals surface area contributed by atoms with Gasteiger partial charge in [0.05, 0.1) is 33.5 Å². The minimum absolute atomic E-state index is 0.578. The van der Waals surface area contributed by atoms with Crippen LogP contribution in [0.4, 0.5) is 5.69 Å². The van der Waals surface area contributed by atoms with Crippen LogP contribution in [0.1, 0.15) is 5.69 Å². The first-order chi connectivity index (χ1) is 9.74. The SMILES string of the molecule is Clc1cccc(Cl)c1NCc1ccc2ccccc2n1. The average Bonchev–Trinajstić information content (AvgIpc) is 2.46. The summed E-state index contributed by atoms with van der Waals surface area (Å²) in [6.07, 6.45) is 0. The zero-order chi connectivity index (χ0) is 13.9. The van der Waals surface area contributed by atoms with Gasteiger partial charge < -0.3 is 5.32 Å². The van der Waals surface area contributed by atoms with Gasteiger partial charge in [0.2, 0.25) is 0 Å². The quantitative estimate of drug-likeness (QED) is 0.723. The predicted molar refractivity (Wildman–Crippen MR) is 85.5 cm³/mol. The lowest BCUT2D eigenvalue weighted by molar-refractivity contribution is 1.07. The molecule has 0 aliphatic heterocycles.